The lowest BCUT2D eigenvalue weighted by molar-refractivity contribution is 0.305. The van der Waals surface area contributed by atoms with Crippen molar-refractivity contribution in [3.63, 3.8) is 0 Å². The minimum atomic E-state index is 0.446. The number of nitrogens with one attached hydrogen (secondary N) is 1. The molecular formula is C15H14BrCl2NO. The molecule has 2 rings (SSSR count). The molecule has 2 aromatic carbocycles. The van der Waals surface area contributed by atoms with Gasteiger partial charge < -0.3 is 10.1 Å². The number of ether oxygens (including phenoxy) is 1. The summed E-state index contributed by atoms with van der Waals surface area (Å²) in [5.41, 5.74) is 2.28. The van der Waals surface area contributed by atoms with Crippen LogP contribution in [0.25, 0.3) is 0 Å². The van der Waals surface area contributed by atoms with Crippen molar-refractivity contribution in [2.75, 3.05) is 7.05 Å². The Balaban J connectivity index is 2.07. The van der Waals surface area contributed by atoms with Gasteiger partial charge in [0.25, 0.3) is 0 Å². The molecule has 0 aliphatic heterocycles. The van der Waals surface area contributed by atoms with Gasteiger partial charge in [-0.3, -0.25) is 0 Å². The van der Waals surface area contributed by atoms with E-state index in [0.717, 1.165) is 16.6 Å². The smallest absolute Gasteiger partial charge is 0.138 e. The van der Waals surface area contributed by atoms with Crippen LogP contribution in [0.15, 0.2) is 40.9 Å². The van der Waals surface area contributed by atoms with Crippen LogP contribution in [0.5, 0.6) is 5.75 Å². The van der Waals surface area contributed by atoms with Crippen molar-refractivity contribution in [1.82, 2.24) is 5.32 Å². The van der Waals surface area contributed by atoms with Crippen LogP contribution in [0.1, 0.15) is 11.1 Å². The van der Waals surface area contributed by atoms with E-state index in [4.69, 9.17) is 27.9 Å². The summed E-state index contributed by atoms with van der Waals surface area (Å²) >= 11 is 15.5. The van der Waals surface area contributed by atoms with E-state index in [9.17, 15) is 0 Å². The average Bonchev–Trinajstić information content (AvgIpc) is 2.40. The highest BCUT2D eigenvalue weighted by molar-refractivity contribution is 9.10. The zero-order valence-corrected chi connectivity index (χ0v) is 14.0. The Morgan fingerprint density at radius 2 is 1.95 bits per heavy atom. The van der Waals surface area contributed by atoms with E-state index in [0.29, 0.717) is 22.4 Å². The molecule has 5 heteroatoms. The first-order chi connectivity index (χ1) is 9.60. The fourth-order valence-electron chi connectivity index (χ4n) is 1.77. The lowest BCUT2D eigenvalue weighted by atomic mass is 10.1. The summed E-state index contributed by atoms with van der Waals surface area (Å²) in [6.45, 7) is 1.28. The summed E-state index contributed by atoms with van der Waals surface area (Å²) in [4.78, 5) is 0. The van der Waals surface area contributed by atoms with E-state index in [-0.39, 0.29) is 0 Å². The maximum absolute atomic E-state index is 6.07. The van der Waals surface area contributed by atoms with Crippen molar-refractivity contribution in [3.8, 4) is 5.75 Å². The largest absolute Gasteiger partial charge is 0.487 e. The van der Waals surface area contributed by atoms with Gasteiger partial charge in [0.15, 0.2) is 0 Å². The molecule has 0 bridgehead atoms. The predicted molar refractivity (Wildman–Crippen MR) is 87.7 cm³/mol. The Morgan fingerprint density at radius 3 is 2.60 bits per heavy atom. The molecule has 0 amide bonds. The maximum atomic E-state index is 6.07. The van der Waals surface area contributed by atoms with Gasteiger partial charge in [-0.15, -0.1) is 0 Å². The molecule has 2 aromatic rings. The molecule has 0 aromatic heterocycles. The highest BCUT2D eigenvalue weighted by atomic mass is 79.9. The first-order valence-electron chi connectivity index (χ1n) is 6.10. The molecule has 0 unspecified atom stereocenters. The SMILES string of the molecule is CNCc1ccc(COc2ccc(Cl)cc2Cl)c(Br)c1. The molecule has 106 valence electrons. The topological polar surface area (TPSA) is 21.3 Å². The van der Waals surface area contributed by atoms with E-state index in [1.165, 1.54) is 5.56 Å². The molecule has 2 nitrogen and oxygen atoms in total. The van der Waals surface area contributed by atoms with Gasteiger partial charge in [-0.25, -0.2) is 0 Å². The molecule has 0 spiro atoms. The molecule has 0 saturated carbocycles. The highest BCUT2D eigenvalue weighted by Gasteiger charge is 2.06. The van der Waals surface area contributed by atoms with Crippen LogP contribution >= 0.6 is 39.1 Å². The Hall–Kier alpha value is -0.740. The van der Waals surface area contributed by atoms with Crippen molar-refractivity contribution in [3.05, 3.63) is 62.0 Å². The standard InChI is InChI=1S/C15H14BrCl2NO/c1-19-8-10-2-3-11(13(16)6-10)9-20-15-5-4-12(17)7-14(15)18/h2-7,19H,8-9H2,1H3. The second kappa shape index (κ2) is 7.32. The lowest BCUT2D eigenvalue weighted by Crippen LogP contribution is -2.05. The van der Waals surface area contributed by atoms with Gasteiger partial charge in [0.05, 0.1) is 5.02 Å². The van der Waals surface area contributed by atoms with Gasteiger partial charge in [0, 0.05) is 21.6 Å². The molecule has 0 atom stereocenters. The summed E-state index contributed by atoms with van der Waals surface area (Å²) in [7, 11) is 1.92. The Bertz CT molecular complexity index is 604. The van der Waals surface area contributed by atoms with Crippen LogP contribution in [-0.2, 0) is 13.2 Å². The molecule has 1 N–H and O–H groups in total. The maximum Gasteiger partial charge on any atom is 0.138 e. The van der Waals surface area contributed by atoms with Crippen molar-refractivity contribution < 1.29 is 4.74 Å². The highest BCUT2D eigenvalue weighted by Crippen LogP contribution is 2.29. The Labute approximate surface area is 137 Å². The minimum absolute atomic E-state index is 0.446. The number of halogens is 3. The first-order valence-corrected chi connectivity index (χ1v) is 7.65. The molecular weight excluding hydrogens is 361 g/mol. The third-order valence-electron chi connectivity index (χ3n) is 2.78. The normalized spacial score (nSPS) is 10.6. The van der Waals surface area contributed by atoms with Crippen LogP contribution < -0.4 is 10.1 Å². The molecule has 0 aliphatic carbocycles. The number of rotatable bonds is 5. The zero-order valence-electron chi connectivity index (χ0n) is 10.9. The number of hydrogen-bond donors (Lipinski definition) is 1. The third-order valence-corrected chi connectivity index (χ3v) is 4.04. The van der Waals surface area contributed by atoms with Crippen molar-refractivity contribution in [2.45, 2.75) is 13.2 Å². The molecule has 0 aliphatic rings. The molecule has 0 heterocycles. The fraction of sp³-hybridized carbons (Fsp3) is 0.200. The van der Waals surface area contributed by atoms with Crippen LogP contribution in [0, 0.1) is 0 Å². The Kier molecular flexibility index (Phi) is 5.73. The molecule has 20 heavy (non-hydrogen) atoms. The van der Waals surface area contributed by atoms with Crippen molar-refractivity contribution in [2.24, 2.45) is 0 Å². The van der Waals surface area contributed by atoms with Crippen LogP contribution in [-0.4, -0.2) is 7.05 Å². The van der Waals surface area contributed by atoms with Crippen LogP contribution in [0.2, 0.25) is 10.0 Å². The molecule has 0 fully saturated rings. The third kappa shape index (κ3) is 4.13. The molecule has 0 saturated heterocycles. The number of hydrogen-bond acceptors (Lipinski definition) is 2. The van der Waals surface area contributed by atoms with Gasteiger partial charge in [-0.2, -0.15) is 0 Å². The zero-order chi connectivity index (χ0) is 14.5. The van der Waals surface area contributed by atoms with E-state index >= 15 is 0 Å². The summed E-state index contributed by atoms with van der Waals surface area (Å²) in [5.74, 6) is 0.627. The molecule has 0 radical (unpaired) electrons. The van der Waals surface area contributed by atoms with E-state index in [1.54, 1.807) is 18.2 Å². The Morgan fingerprint density at radius 1 is 1.15 bits per heavy atom. The van der Waals surface area contributed by atoms with E-state index in [2.05, 4.69) is 33.4 Å². The predicted octanol–water partition coefficient (Wildman–Crippen LogP) is 5.05. The van der Waals surface area contributed by atoms with Gasteiger partial charge in [-0.05, 0) is 36.9 Å². The monoisotopic (exact) mass is 373 g/mol. The summed E-state index contributed by atoms with van der Waals surface area (Å²) in [6.07, 6.45) is 0. The van der Waals surface area contributed by atoms with Crippen LogP contribution in [0.4, 0.5) is 0 Å². The minimum Gasteiger partial charge on any atom is -0.487 e. The van der Waals surface area contributed by atoms with Gasteiger partial charge in [0.1, 0.15) is 12.4 Å². The van der Waals surface area contributed by atoms with Crippen molar-refractivity contribution in [1.29, 1.82) is 0 Å². The summed E-state index contributed by atoms with van der Waals surface area (Å²) in [5, 5.41) is 4.23. The van der Waals surface area contributed by atoms with Crippen molar-refractivity contribution >= 4 is 39.1 Å². The lowest BCUT2D eigenvalue weighted by Gasteiger charge is -2.11. The van der Waals surface area contributed by atoms with Crippen LogP contribution in [0.3, 0.4) is 0 Å². The quantitative estimate of drug-likeness (QED) is 0.790. The summed E-state index contributed by atoms with van der Waals surface area (Å²) < 4.78 is 6.75. The second-order valence-corrected chi connectivity index (χ2v) is 6.02. The first kappa shape index (κ1) is 15.6. The number of benzene rings is 2. The van der Waals surface area contributed by atoms with Gasteiger partial charge >= 0.3 is 0 Å². The van der Waals surface area contributed by atoms with Gasteiger partial charge in [0.2, 0.25) is 0 Å². The van der Waals surface area contributed by atoms with Gasteiger partial charge in [-0.1, -0.05) is 51.3 Å². The summed E-state index contributed by atoms with van der Waals surface area (Å²) in [6, 6.07) is 11.4. The van der Waals surface area contributed by atoms with E-state index in [1.807, 2.05) is 13.1 Å². The fourth-order valence-corrected chi connectivity index (χ4v) is 2.77. The second-order valence-electron chi connectivity index (χ2n) is 4.32. The van der Waals surface area contributed by atoms with E-state index < -0.39 is 0 Å². The average molecular weight is 375 g/mol.